The smallest absolute Gasteiger partial charge is 0.318 e. The second kappa shape index (κ2) is 3.32. The largest absolute Gasteiger partial charge is 0.460 e. The molecule has 16 heavy (non-hydrogen) atoms. The average Bonchev–Trinajstić information content (AvgIpc) is 2.85. The minimum atomic E-state index is -0.525. The van der Waals surface area contributed by atoms with E-state index in [2.05, 4.69) is 5.32 Å². The van der Waals surface area contributed by atoms with Crippen LogP contribution in [-0.2, 0) is 14.9 Å². The van der Waals surface area contributed by atoms with Gasteiger partial charge in [0.2, 0.25) is 0 Å². The van der Waals surface area contributed by atoms with E-state index >= 15 is 0 Å². The first kappa shape index (κ1) is 9.85. The predicted molar refractivity (Wildman–Crippen MR) is 60.1 cm³/mol. The quantitative estimate of drug-likeness (QED) is 0.719. The number of carbonyl (C=O) groups is 1. The van der Waals surface area contributed by atoms with Gasteiger partial charge < -0.3 is 10.1 Å². The summed E-state index contributed by atoms with van der Waals surface area (Å²) in [4.78, 5) is 12.0. The number of hydrogen-bond acceptors (Lipinski definition) is 3. The monoisotopic (exact) mass is 217 g/mol. The molecule has 0 spiro atoms. The fourth-order valence-corrected chi connectivity index (χ4v) is 2.85. The van der Waals surface area contributed by atoms with Crippen LogP contribution in [0, 0.1) is 0 Å². The van der Waals surface area contributed by atoms with Gasteiger partial charge in [0.25, 0.3) is 0 Å². The average molecular weight is 217 g/mol. The Labute approximate surface area is 94.8 Å². The van der Waals surface area contributed by atoms with E-state index in [4.69, 9.17) is 4.74 Å². The highest BCUT2D eigenvalue weighted by molar-refractivity contribution is 5.86. The Bertz CT molecular complexity index is 417. The van der Waals surface area contributed by atoms with Crippen molar-refractivity contribution in [1.82, 2.24) is 5.32 Å². The lowest BCUT2D eigenvalue weighted by Gasteiger charge is -2.26. The molecular formula is C13H15NO2. The van der Waals surface area contributed by atoms with E-state index in [-0.39, 0.29) is 18.1 Å². The molecule has 0 saturated carbocycles. The molecule has 0 aliphatic carbocycles. The Morgan fingerprint density at radius 1 is 1.38 bits per heavy atom. The predicted octanol–water partition coefficient (Wildman–Crippen LogP) is 1.23. The zero-order valence-electron chi connectivity index (χ0n) is 9.27. The van der Waals surface area contributed by atoms with Crippen molar-refractivity contribution in [3.05, 3.63) is 35.9 Å². The number of rotatable bonds is 1. The van der Waals surface area contributed by atoms with Gasteiger partial charge in [0, 0.05) is 0 Å². The van der Waals surface area contributed by atoms with Crippen LogP contribution in [0.3, 0.4) is 0 Å². The molecule has 0 aromatic heterocycles. The van der Waals surface area contributed by atoms with Crippen LogP contribution in [0.1, 0.15) is 18.9 Å². The lowest BCUT2D eigenvalue weighted by atomic mass is 9.76. The summed E-state index contributed by atoms with van der Waals surface area (Å²) in [5.41, 5.74) is 0.518. The van der Waals surface area contributed by atoms with Gasteiger partial charge in [0.05, 0.1) is 6.04 Å². The van der Waals surface area contributed by atoms with Crippen LogP contribution in [0.2, 0.25) is 0 Å². The lowest BCUT2D eigenvalue weighted by Crippen LogP contribution is -2.46. The third kappa shape index (κ3) is 1.15. The van der Waals surface area contributed by atoms with Gasteiger partial charge in [-0.3, -0.25) is 4.79 Å². The Hall–Kier alpha value is -1.35. The molecule has 0 bridgehead atoms. The van der Waals surface area contributed by atoms with Gasteiger partial charge in [-0.05, 0) is 25.5 Å². The Kier molecular flexibility index (Phi) is 2.04. The van der Waals surface area contributed by atoms with E-state index in [9.17, 15) is 4.79 Å². The summed E-state index contributed by atoms with van der Waals surface area (Å²) in [6.07, 6.45) is 0.983. The first-order valence-electron chi connectivity index (χ1n) is 5.73. The summed E-state index contributed by atoms with van der Waals surface area (Å²) in [5.74, 6) is -0.0964. The molecule has 2 fully saturated rings. The molecule has 2 aliphatic rings. The van der Waals surface area contributed by atoms with Crippen LogP contribution in [0.4, 0.5) is 0 Å². The molecule has 1 N–H and O–H groups in total. The van der Waals surface area contributed by atoms with Gasteiger partial charge in [-0.25, -0.2) is 0 Å². The Morgan fingerprint density at radius 3 is 2.88 bits per heavy atom. The van der Waals surface area contributed by atoms with Gasteiger partial charge >= 0.3 is 5.97 Å². The van der Waals surface area contributed by atoms with Crippen molar-refractivity contribution in [3.8, 4) is 0 Å². The molecular weight excluding hydrogens is 202 g/mol. The molecule has 1 aromatic rings. The van der Waals surface area contributed by atoms with E-state index in [1.165, 1.54) is 0 Å². The van der Waals surface area contributed by atoms with E-state index in [0.717, 1.165) is 18.5 Å². The third-order valence-corrected chi connectivity index (χ3v) is 3.84. The highest BCUT2D eigenvalue weighted by Crippen LogP contribution is 2.40. The first-order chi connectivity index (χ1) is 7.73. The topological polar surface area (TPSA) is 38.3 Å². The van der Waals surface area contributed by atoms with Gasteiger partial charge in [0.15, 0.2) is 0 Å². The zero-order valence-corrected chi connectivity index (χ0v) is 9.27. The van der Waals surface area contributed by atoms with Crippen molar-refractivity contribution in [2.75, 3.05) is 6.54 Å². The van der Waals surface area contributed by atoms with Gasteiger partial charge in [0.1, 0.15) is 11.5 Å². The molecule has 3 atom stereocenters. The van der Waals surface area contributed by atoms with Crippen molar-refractivity contribution in [2.24, 2.45) is 0 Å². The first-order valence-corrected chi connectivity index (χ1v) is 5.73. The molecule has 0 radical (unpaired) electrons. The van der Waals surface area contributed by atoms with Crippen LogP contribution >= 0.6 is 0 Å². The normalized spacial score (nSPS) is 37.2. The van der Waals surface area contributed by atoms with E-state index in [1.807, 2.05) is 37.3 Å². The number of carbonyl (C=O) groups excluding carboxylic acids is 1. The fraction of sp³-hybridized carbons (Fsp3) is 0.462. The summed E-state index contributed by atoms with van der Waals surface area (Å²) in [6, 6.07) is 10.0. The molecule has 3 rings (SSSR count). The van der Waals surface area contributed by atoms with Gasteiger partial charge in [-0.15, -0.1) is 0 Å². The third-order valence-electron chi connectivity index (χ3n) is 3.84. The summed E-state index contributed by atoms with van der Waals surface area (Å²) in [6.45, 7) is 2.92. The molecule has 84 valence electrons. The van der Waals surface area contributed by atoms with E-state index < -0.39 is 5.41 Å². The standard InChI is InChI=1S/C13H15NO2/c1-13(9-5-3-2-4-6-9)11-10(7-8-14-11)16-12(13)15/h2-6,10-11,14H,7-8H2,1H3/t10-,11+,13+/m0/s1. The SMILES string of the molecule is C[C@]1(c2ccccc2)C(=O)O[C@H]2CCN[C@H]21. The fourth-order valence-electron chi connectivity index (χ4n) is 2.85. The molecule has 2 aliphatic heterocycles. The maximum atomic E-state index is 12.0. The Morgan fingerprint density at radius 2 is 2.12 bits per heavy atom. The van der Waals surface area contributed by atoms with Crippen molar-refractivity contribution >= 4 is 5.97 Å². The van der Waals surface area contributed by atoms with Crippen LogP contribution in [0.15, 0.2) is 30.3 Å². The number of benzene rings is 1. The van der Waals surface area contributed by atoms with Crippen LogP contribution in [-0.4, -0.2) is 24.7 Å². The molecule has 2 heterocycles. The molecule has 3 heteroatoms. The van der Waals surface area contributed by atoms with Crippen LogP contribution in [0.5, 0.6) is 0 Å². The maximum Gasteiger partial charge on any atom is 0.318 e. The Balaban J connectivity index is 2.06. The number of hydrogen-bond donors (Lipinski definition) is 1. The number of esters is 1. The minimum Gasteiger partial charge on any atom is -0.460 e. The van der Waals surface area contributed by atoms with Crippen LogP contribution < -0.4 is 5.32 Å². The number of ether oxygens (including phenoxy) is 1. The molecule has 0 unspecified atom stereocenters. The second-order valence-electron chi connectivity index (χ2n) is 4.73. The molecule has 2 saturated heterocycles. The zero-order chi connectivity index (χ0) is 11.2. The molecule has 0 amide bonds. The minimum absolute atomic E-state index is 0.0534. The highest BCUT2D eigenvalue weighted by Gasteiger charge is 2.56. The second-order valence-corrected chi connectivity index (χ2v) is 4.73. The number of fused-ring (bicyclic) bond motifs is 1. The van der Waals surface area contributed by atoms with Crippen molar-refractivity contribution in [3.63, 3.8) is 0 Å². The highest BCUT2D eigenvalue weighted by atomic mass is 16.6. The molecule has 3 nitrogen and oxygen atoms in total. The van der Waals surface area contributed by atoms with Crippen molar-refractivity contribution in [1.29, 1.82) is 0 Å². The van der Waals surface area contributed by atoms with E-state index in [0.29, 0.717) is 0 Å². The summed E-state index contributed by atoms with van der Waals surface area (Å²) >= 11 is 0. The van der Waals surface area contributed by atoms with Gasteiger partial charge in [-0.2, -0.15) is 0 Å². The maximum absolute atomic E-state index is 12.0. The summed E-state index contributed by atoms with van der Waals surface area (Å²) in [5, 5.41) is 3.39. The van der Waals surface area contributed by atoms with Crippen LogP contribution in [0.25, 0.3) is 0 Å². The summed E-state index contributed by atoms with van der Waals surface area (Å²) in [7, 11) is 0. The van der Waals surface area contributed by atoms with Crippen molar-refractivity contribution < 1.29 is 9.53 Å². The summed E-state index contributed by atoms with van der Waals surface area (Å²) < 4.78 is 5.45. The number of nitrogens with one attached hydrogen (secondary N) is 1. The van der Waals surface area contributed by atoms with Gasteiger partial charge in [-0.1, -0.05) is 30.3 Å². The van der Waals surface area contributed by atoms with E-state index in [1.54, 1.807) is 0 Å². The van der Waals surface area contributed by atoms with Crippen molar-refractivity contribution in [2.45, 2.75) is 30.9 Å². The lowest BCUT2D eigenvalue weighted by molar-refractivity contribution is -0.145. The molecule has 1 aromatic carbocycles.